The molecular weight excluding hydrogens is 298 g/mol. The summed E-state index contributed by atoms with van der Waals surface area (Å²) in [5.41, 5.74) is 0. The Morgan fingerprint density at radius 3 is 2.52 bits per heavy atom. The van der Waals surface area contributed by atoms with E-state index in [4.69, 9.17) is 9.26 Å². The Morgan fingerprint density at radius 2 is 1.83 bits per heavy atom. The van der Waals surface area contributed by atoms with Gasteiger partial charge in [-0.2, -0.15) is 4.98 Å². The van der Waals surface area contributed by atoms with Crippen molar-refractivity contribution >= 4 is 6.09 Å². The number of ether oxygens (including phenoxy) is 1. The Labute approximate surface area is 135 Å². The molecule has 0 radical (unpaired) electrons. The van der Waals surface area contributed by atoms with Gasteiger partial charge >= 0.3 is 6.09 Å². The third-order valence-electron chi connectivity index (χ3n) is 4.77. The van der Waals surface area contributed by atoms with Gasteiger partial charge in [0.1, 0.15) is 6.61 Å². The summed E-state index contributed by atoms with van der Waals surface area (Å²) < 4.78 is 10.3. The van der Waals surface area contributed by atoms with Gasteiger partial charge in [-0.1, -0.05) is 5.16 Å². The van der Waals surface area contributed by atoms with Gasteiger partial charge in [0, 0.05) is 45.2 Å². The smallest absolute Gasteiger partial charge is 0.409 e. The molecule has 4 rings (SSSR count). The van der Waals surface area contributed by atoms with Crippen molar-refractivity contribution in [3.63, 3.8) is 0 Å². The molecule has 0 spiro atoms. The van der Waals surface area contributed by atoms with Crippen LogP contribution in [-0.4, -0.2) is 83.4 Å². The molecule has 1 aliphatic carbocycles. The van der Waals surface area contributed by atoms with Crippen LogP contribution in [0.15, 0.2) is 4.52 Å². The molecule has 1 amide bonds. The van der Waals surface area contributed by atoms with Crippen molar-refractivity contribution in [2.45, 2.75) is 25.3 Å². The van der Waals surface area contributed by atoms with Crippen molar-refractivity contribution in [2.24, 2.45) is 0 Å². The molecule has 1 saturated carbocycles. The summed E-state index contributed by atoms with van der Waals surface area (Å²) in [4.78, 5) is 22.4. The van der Waals surface area contributed by atoms with Crippen LogP contribution in [0.3, 0.4) is 0 Å². The molecule has 1 aromatic rings. The lowest BCUT2D eigenvalue weighted by molar-refractivity contribution is 0.114. The zero-order chi connectivity index (χ0) is 15.6. The second-order valence-electron chi connectivity index (χ2n) is 6.54. The fourth-order valence-corrected chi connectivity index (χ4v) is 3.09. The minimum absolute atomic E-state index is 0.174. The molecule has 3 heterocycles. The van der Waals surface area contributed by atoms with E-state index in [1.54, 1.807) is 4.90 Å². The number of piperazine rings is 1. The van der Waals surface area contributed by atoms with Crippen molar-refractivity contribution < 1.29 is 14.1 Å². The SMILES string of the molecule is O=C1OCCN1CCN1CCN(Cc2noc(C3CC3)n2)CC1. The molecule has 0 aromatic carbocycles. The summed E-state index contributed by atoms with van der Waals surface area (Å²) >= 11 is 0. The number of hydrogen-bond donors (Lipinski definition) is 0. The fraction of sp³-hybridized carbons (Fsp3) is 0.800. The average Bonchev–Trinajstić information content (AvgIpc) is 3.18. The first-order chi connectivity index (χ1) is 11.3. The maximum absolute atomic E-state index is 11.4. The molecule has 2 saturated heterocycles. The zero-order valence-electron chi connectivity index (χ0n) is 13.3. The molecular formula is C15H23N5O3. The Hall–Kier alpha value is -1.67. The van der Waals surface area contributed by atoms with Gasteiger partial charge in [-0.3, -0.25) is 9.80 Å². The number of amides is 1. The van der Waals surface area contributed by atoms with Crippen LogP contribution in [0.1, 0.15) is 30.5 Å². The molecule has 2 aliphatic heterocycles. The Kier molecular flexibility index (Phi) is 4.17. The highest BCUT2D eigenvalue weighted by atomic mass is 16.6. The number of hydrogen-bond acceptors (Lipinski definition) is 7. The van der Waals surface area contributed by atoms with Crippen LogP contribution in [0, 0.1) is 0 Å². The molecule has 3 aliphatic rings. The molecule has 23 heavy (non-hydrogen) atoms. The Balaban J connectivity index is 1.18. The molecule has 0 unspecified atom stereocenters. The fourth-order valence-electron chi connectivity index (χ4n) is 3.09. The van der Waals surface area contributed by atoms with E-state index in [2.05, 4.69) is 19.9 Å². The van der Waals surface area contributed by atoms with E-state index in [1.165, 1.54) is 12.8 Å². The van der Waals surface area contributed by atoms with Crippen LogP contribution in [-0.2, 0) is 11.3 Å². The summed E-state index contributed by atoms with van der Waals surface area (Å²) in [5.74, 6) is 2.14. The molecule has 1 aromatic heterocycles. The third-order valence-corrected chi connectivity index (χ3v) is 4.77. The molecule has 8 heteroatoms. The first kappa shape index (κ1) is 14.9. The lowest BCUT2D eigenvalue weighted by Gasteiger charge is -2.34. The summed E-state index contributed by atoms with van der Waals surface area (Å²) in [6.07, 6.45) is 2.20. The first-order valence-electron chi connectivity index (χ1n) is 8.47. The van der Waals surface area contributed by atoms with Crippen LogP contribution < -0.4 is 0 Å². The second kappa shape index (κ2) is 6.45. The maximum atomic E-state index is 11.4. The molecule has 8 nitrogen and oxygen atoms in total. The van der Waals surface area contributed by atoms with E-state index < -0.39 is 0 Å². The lowest BCUT2D eigenvalue weighted by atomic mass is 10.3. The van der Waals surface area contributed by atoms with Gasteiger partial charge in [0.25, 0.3) is 0 Å². The highest BCUT2D eigenvalue weighted by Gasteiger charge is 2.30. The summed E-state index contributed by atoms with van der Waals surface area (Å²) in [5, 5.41) is 4.09. The second-order valence-corrected chi connectivity index (χ2v) is 6.54. The van der Waals surface area contributed by atoms with Crippen LogP contribution in [0.5, 0.6) is 0 Å². The summed E-state index contributed by atoms with van der Waals surface area (Å²) in [7, 11) is 0. The summed E-state index contributed by atoms with van der Waals surface area (Å²) in [6.45, 7) is 7.70. The van der Waals surface area contributed by atoms with Crippen LogP contribution >= 0.6 is 0 Å². The number of nitrogens with zero attached hydrogens (tertiary/aromatic N) is 5. The highest BCUT2D eigenvalue weighted by molar-refractivity contribution is 5.69. The van der Waals surface area contributed by atoms with E-state index in [9.17, 15) is 4.79 Å². The predicted octanol–water partition coefficient (Wildman–Crippen LogP) is 0.517. The van der Waals surface area contributed by atoms with Crippen molar-refractivity contribution in [1.29, 1.82) is 0 Å². The number of carbonyl (C=O) groups excluding carboxylic acids is 1. The Morgan fingerprint density at radius 1 is 1.04 bits per heavy atom. The van der Waals surface area contributed by atoms with E-state index >= 15 is 0 Å². The van der Waals surface area contributed by atoms with Gasteiger partial charge in [0.05, 0.1) is 13.1 Å². The van der Waals surface area contributed by atoms with E-state index in [1.807, 2.05) is 0 Å². The number of rotatable bonds is 6. The predicted molar refractivity (Wildman–Crippen MR) is 80.9 cm³/mol. The summed E-state index contributed by atoms with van der Waals surface area (Å²) in [6, 6.07) is 0. The average molecular weight is 321 g/mol. The van der Waals surface area contributed by atoms with E-state index in [0.29, 0.717) is 12.5 Å². The van der Waals surface area contributed by atoms with E-state index in [-0.39, 0.29) is 6.09 Å². The number of cyclic esters (lactones) is 1. The Bertz CT molecular complexity index is 551. The molecule has 0 N–H and O–H groups in total. The van der Waals surface area contributed by atoms with Crippen LogP contribution in [0.4, 0.5) is 4.79 Å². The quantitative estimate of drug-likeness (QED) is 0.756. The van der Waals surface area contributed by atoms with Gasteiger partial charge in [-0.05, 0) is 12.8 Å². The van der Waals surface area contributed by atoms with Crippen molar-refractivity contribution in [1.82, 2.24) is 24.8 Å². The van der Waals surface area contributed by atoms with Gasteiger partial charge in [0.2, 0.25) is 5.89 Å². The molecule has 0 atom stereocenters. The maximum Gasteiger partial charge on any atom is 0.409 e. The largest absolute Gasteiger partial charge is 0.448 e. The topological polar surface area (TPSA) is 74.9 Å². The monoisotopic (exact) mass is 321 g/mol. The number of carbonyl (C=O) groups is 1. The van der Waals surface area contributed by atoms with E-state index in [0.717, 1.165) is 64.1 Å². The zero-order valence-corrected chi connectivity index (χ0v) is 13.3. The molecule has 0 bridgehead atoms. The lowest BCUT2D eigenvalue weighted by Crippen LogP contribution is -2.48. The standard InChI is InChI=1S/C15H23N5O3/c21-15-20(9-10-22-15)8-7-18-3-5-19(6-4-18)11-13-16-14(23-17-13)12-1-2-12/h12H,1-11H2. The molecule has 3 fully saturated rings. The van der Waals surface area contributed by atoms with Crippen molar-refractivity contribution in [3.05, 3.63) is 11.7 Å². The van der Waals surface area contributed by atoms with Gasteiger partial charge < -0.3 is 14.2 Å². The number of aromatic nitrogens is 2. The van der Waals surface area contributed by atoms with Gasteiger partial charge in [-0.15, -0.1) is 0 Å². The van der Waals surface area contributed by atoms with Crippen LogP contribution in [0.2, 0.25) is 0 Å². The van der Waals surface area contributed by atoms with Crippen molar-refractivity contribution in [2.75, 3.05) is 52.4 Å². The van der Waals surface area contributed by atoms with Crippen LogP contribution in [0.25, 0.3) is 0 Å². The molecule has 126 valence electrons. The minimum Gasteiger partial charge on any atom is -0.448 e. The minimum atomic E-state index is -0.174. The van der Waals surface area contributed by atoms with Gasteiger partial charge in [-0.25, -0.2) is 4.79 Å². The van der Waals surface area contributed by atoms with Crippen molar-refractivity contribution in [3.8, 4) is 0 Å². The normalized spacial score (nSPS) is 23.5. The first-order valence-corrected chi connectivity index (χ1v) is 8.47. The highest BCUT2D eigenvalue weighted by Crippen LogP contribution is 2.38. The third kappa shape index (κ3) is 3.64. The van der Waals surface area contributed by atoms with Gasteiger partial charge in [0.15, 0.2) is 5.82 Å².